The number of hydrogen-bond acceptors (Lipinski definition) is 3. The molecule has 1 amide bonds. The van der Waals surface area contributed by atoms with Gasteiger partial charge in [0.05, 0.1) is 6.10 Å². The molecule has 1 aromatic carbocycles. The second kappa shape index (κ2) is 9.40. The molecule has 0 aliphatic heterocycles. The number of carbonyl (C=O) groups excluding carboxylic acids is 1. The Bertz CT molecular complexity index is 415. The lowest BCUT2D eigenvalue weighted by Crippen LogP contribution is -2.29. The monoisotopic (exact) mass is 292 g/mol. The van der Waals surface area contributed by atoms with Crippen LogP contribution in [0.1, 0.15) is 52.1 Å². The SMILES string of the molecule is CCCNC(=O)CCNC(C)c1ccc(OC(C)C)cc1. The number of carbonyl (C=O) groups is 1. The van der Waals surface area contributed by atoms with Gasteiger partial charge in [-0.1, -0.05) is 19.1 Å². The molecule has 1 aromatic rings. The highest BCUT2D eigenvalue weighted by molar-refractivity contribution is 5.75. The third-order valence-electron chi connectivity index (χ3n) is 3.13. The van der Waals surface area contributed by atoms with Crippen LogP contribution in [0, 0.1) is 0 Å². The van der Waals surface area contributed by atoms with Gasteiger partial charge in [0.1, 0.15) is 5.75 Å². The van der Waals surface area contributed by atoms with Crippen LogP contribution in [-0.2, 0) is 4.79 Å². The Balaban J connectivity index is 2.34. The number of ether oxygens (including phenoxy) is 1. The number of benzene rings is 1. The maximum absolute atomic E-state index is 11.5. The fourth-order valence-electron chi connectivity index (χ4n) is 1.98. The lowest BCUT2D eigenvalue weighted by atomic mass is 10.1. The molecular weight excluding hydrogens is 264 g/mol. The molecule has 0 aliphatic carbocycles. The topological polar surface area (TPSA) is 50.4 Å². The quantitative estimate of drug-likeness (QED) is 0.735. The van der Waals surface area contributed by atoms with Crippen LogP contribution in [0.4, 0.5) is 0 Å². The van der Waals surface area contributed by atoms with E-state index in [1.807, 2.05) is 32.9 Å². The molecule has 0 aromatic heterocycles. The number of rotatable bonds is 9. The van der Waals surface area contributed by atoms with Gasteiger partial charge in [0.25, 0.3) is 0 Å². The van der Waals surface area contributed by atoms with Crippen molar-refractivity contribution in [3.05, 3.63) is 29.8 Å². The van der Waals surface area contributed by atoms with Crippen LogP contribution in [0.2, 0.25) is 0 Å². The largest absolute Gasteiger partial charge is 0.491 e. The van der Waals surface area contributed by atoms with E-state index in [2.05, 4.69) is 29.7 Å². The number of hydrogen-bond donors (Lipinski definition) is 2. The maximum Gasteiger partial charge on any atom is 0.221 e. The van der Waals surface area contributed by atoms with Gasteiger partial charge in [-0.15, -0.1) is 0 Å². The first kappa shape index (κ1) is 17.5. The van der Waals surface area contributed by atoms with Gasteiger partial charge in [0.2, 0.25) is 5.91 Å². The molecule has 1 unspecified atom stereocenters. The van der Waals surface area contributed by atoms with Gasteiger partial charge >= 0.3 is 0 Å². The van der Waals surface area contributed by atoms with Gasteiger partial charge in [0, 0.05) is 25.6 Å². The lowest BCUT2D eigenvalue weighted by Gasteiger charge is -2.15. The van der Waals surface area contributed by atoms with Crippen molar-refractivity contribution in [3.63, 3.8) is 0 Å². The summed E-state index contributed by atoms with van der Waals surface area (Å²) in [4.78, 5) is 11.5. The molecule has 0 heterocycles. The van der Waals surface area contributed by atoms with E-state index in [0.717, 1.165) is 18.7 Å². The van der Waals surface area contributed by atoms with E-state index < -0.39 is 0 Å². The van der Waals surface area contributed by atoms with Crippen molar-refractivity contribution < 1.29 is 9.53 Å². The smallest absolute Gasteiger partial charge is 0.221 e. The minimum atomic E-state index is 0.109. The first-order valence-electron chi connectivity index (χ1n) is 7.79. The molecular formula is C17H28N2O2. The average Bonchev–Trinajstić information content (AvgIpc) is 2.45. The summed E-state index contributed by atoms with van der Waals surface area (Å²) < 4.78 is 5.63. The molecule has 0 saturated carbocycles. The van der Waals surface area contributed by atoms with E-state index >= 15 is 0 Å². The van der Waals surface area contributed by atoms with Crippen molar-refractivity contribution in [2.45, 2.75) is 52.7 Å². The van der Waals surface area contributed by atoms with Gasteiger partial charge in [-0.25, -0.2) is 0 Å². The van der Waals surface area contributed by atoms with Gasteiger partial charge in [-0.2, -0.15) is 0 Å². The van der Waals surface area contributed by atoms with Crippen molar-refractivity contribution in [1.82, 2.24) is 10.6 Å². The fourth-order valence-corrected chi connectivity index (χ4v) is 1.98. The molecule has 1 rings (SSSR count). The van der Waals surface area contributed by atoms with E-state index in [1.54, 1.807) is 0 Å². The van der Waals surface area contributed by atoms with Gasteiger partial charge in [0.15, 0.2) is 0 Å². The summed E-state index contributed by atoms with van der Waals surface area (Å²) in [6, 6.07) is 8.32. The van der Waals surface area contributed by atoms with E-state index in [4.69, 9.17) is 4.74 Å². The summed E-state index contributed by atoms with van der Waals surface area (Å²) in [5.41, 5.74) is 1.19. The predicted molar refractivity (Wildman–Crippen MR) is 86.5 cm³/mol. The zero-order chi connectivity index (χ0) is 15.7. The number of amides is 1. The summed E-state index contributed by atoms with van der Waals surface area (Å²) in [6.45, 7) is 9.62. The molecule has 0 fully saturated rings. The summed E-state index contributed by atoms with van der Waals surface area (Å²) >= 11 is 0. The normalized spacial score (nSPS) is 12.2. The van der Waals surface area contributed by atoms with E-state index in [1.165, 1.54) is 5.56 Å². The van der Waals surface area contributed by atoms with Crippen LogP contribution in [0.3, 0.4) is 0 Å². The van der Waals surface area contributed by atoms with Crippen LogP contribution in [0.5, 0.6) is 5.75 Å². The third kappa shape index (κ3) is 7.14. The Morgan fingerprint density at radius 3 is 2.38 bits per heavy atom. The van der Waals surface area contributed by atoms with Crippen LogP contribution in [-0.4, -0.2) is 25.1 Å². The first-order valence-corrected chi connectivity index (χ1v) is 7.79. The van der Waals surface area contributed by atoms with Crippen molar-refractivity contribution in [2.24, 2.45) is 0 Å². The van der Waals surface area contributed by atoms with E-state index in [9.17, 15) is 4.79 Å². The highest BCUT2D eigenvalue weighted by Gasteiger charge is 2.07. The third-order valence-corrected chi connectivity index (χ3v) is 3.13. The van der Waals surface area contributed by atoms with E-state index in [0.29, 0.717) is 13.0 Å². The molecule has 2 N–H and O–H groups in total. The second-order valence-corrected chi connectivity index (χ2v) is 5.51. The summed E-state index contributed by atoms with van der Waals surface area (Å²) in [5.74, 6) is 0.997. The molecule has 0 radical (unpaired) electrons. The lowest BCUT2D eigenvalue weighted by molar-refractivity contribution is -0.121. The maximum atomic E-state index is 11.5. The molecule has 1 atom stereocenters. The molecule has 118 valence electrons. The van der Waals surface area contributed by atoms with Gasteiger partial charge in [-0.05, 0) is 44.9 Å². The standard InChI is InChI=1S/C17H28N2O2/c1-5-11-19-17(20)10-12-18-14(4)15-6-8-16(9-7-15)21-13(2)3/h6-9,13-14,18H,5,10-12H2,1-4H3,(H,19,20). The molecule has 0 spiro atoms. The zero-order valence-corrected chi connectivity index (χ0v) is 13.6. The first-order chi connectivity index (χ1) is 10.0. The Kier molecular flexibility index (Phi) is 7.83. The van der Waals surface area contributed by atoms with Crippen LogP contribution >= 0.6 is 0 Å². The van der Waals surface area contributed by atoms with E-state index in [-0.39, 0.29) is 18.1 Å². The highest BCUT2D eigenvalue weighted by atomic mass is 16.5. The minimum absolute atomic E-state index is 0.109. The molecule has 0 saturated heterocycles. The van der Waals surface area contributed by atoms with Gasteiger partial charge in [-0.3, -0.25) is 4.79 Å². The molecule has 4 heteroatoms. The van der Waals surface area contributed by atoms with Crippen molar-refractivity contribution >= 4 is 5.91 Å². The molecule has 0 aliphatic rings. The Labute approximate surface area is 128 Å². The number of nitrogens with one attached hydrogen (secondary N) is 2. The summed E-state index contributed by atoms with van der Waals surface area (Å²) in [7, 11) is 0. The zero-order valence-electron chi connectivity index (χ0n) is 13.6. The summed E-state index contributed by atoms with van der Waals surface area (Å²) in [6.07, 6.45) is 1.67. The highest BCUT2D eigenvalue weighted by Crippen LogP contribution is 2.18. The minimum Gasteiger partial charge on any atom is -0.491 e. The van der Waals surface area contributed by atoms with Gasteiger partial charge < -0.3 is 15.4 Å². The Hall–Kier alpha value is -1.55. The van der Waals surface area contributed by atoms with Crippen molar-refractivity contribution in [2.75, 3.05) is 13.1 Å². The van der Waals surface area contributed by atoms with Crippen LogP contribution in [0.25, 0.3) is 0 Å². The summed E-state index contributed by atoms with van der Waals surface area (Å²) in [5, 5.41) is 6.24. The van der Waals surface area contributed by atoms with Crippen LogP contribution < -0.4 is 15.4 Å². The Morgan fingerprint density at radius 2 is 1.81 bits per heavy atom. The van der Waals surface area contributed by atoms with Crippen molar-refractivity contribution in [3.8, 4) is 5.75 Å². The molecule has 0 bridgehead atoms. The second-order valence-electron chi connectivity index (χ2n) is 5.51. The fraction of sp³-hybridized carbons (Fsp3) is 0.588. The molecule has 21 heavy (non-hydrogen) atoms. The predicted octanol–water partition coefficient (Wildman–Crippen LogP) is 3.04. The molecule has 4 nitrogen and oxygen atoms in total. The Morgan fingerprint density at radius 1 is 1.14 bits per heavy atom. The average molecular weight is 292 g/mol. The van der Waals surface area contributed by atoms with Crippen molar-refractivity contribution in [1.29, 1.82) is 0 Å². The van der Waals surface area contributed by atoms with Crippen LogP contribution in [0.15, 0.2) is 24.3 Å².